The molecular formula is C10H23N3. The number of rotatable bonds is 4. The van der Waals surface area contributed by atoms with Gasteiger partial charge in [0.15, 0.2) is 0 Å². The van der Waals surface area contributed by atoms with Crippen LogP contribution in [-0.4, -0.2) is 43.7 Å². The molecule has 1 rings (SSSR count). The summed E-state index contributed by atoms with van der Waals surface area (Å²) in [4.78, 5) is 2.46. The second-order valence-corrected chi connectivity index (χ2v) is 4.37. The highest BCUT2D eigenvalue weighted by atomic mass is 15.2. The van der Waals surface area contributed by atoms with Crippen LogP contribution in [0.1, 0.15) is 20.3 Å². The van der Waals surface area contributed by atoms with Gasteiger partial charge in [0.2, 0.25) is 0 Å². The maximum Gasteiger partial charge on any atom is 0.0198 e. The van der Waals surface area contributed by atoms with Crippen LogP contribution in [0, 0.1) is 5.92 Å². The molecule has 3 N–H and O–H groups in total. The summed E-state index contributed by atoms with van der Waals surface area (Å²) in [5, 5.41) is 3.56. The summed E-state index contributed by atoms with van der Waals surface area (Å²) in [6.07, 6.45) is 1.28. The van der Waals surface area contributed by atoms with E-state index in [1.165, 1.54) is 13.0 Å². The van der Waals surface area contributed by atoms with E-state index in [1.807, 2.05) is 0 Å². The molecule has 0 bridgehead atoms. The molecule has 1 aliphatic heterocycles. The van der Waals surface area contributed by atoms with Crippen molar-refractivity contribution < 1.29 is 0 Å². The highest BCUT2D eigenvalue weighted by molar-refractivity contribution is 4.79. The molecule has 0 aliphatic carbocycles. The van der Waals surface area contributed by atoms with Gasteiger partial charge < -0.3 is 11.1 Å². The SMILES string of the molecule is CC(C)CC1CN(CCN)CCN1. The minimum atomic E-state index is 0.681. The lowest BCUT2D eigenvalue weighted by atomic mass is 10.0. The lowest BCUT2D eigenvalue weighted by Crippen LogP contribution is -2.52. The summed E-state index contributed by atoms with van der Waals surface area (Å²) in [7, 11) is 0. The summed E-state index contributed by atoms with van der Waals surface area (Å²) in [6, 6.07) is 0.681. The van der Waals surface area contributed by atoms with Gasteiger partial charge in [-0.1, -0.05) is 13.8 Å². The van der Waals surface area contributed by atoms with Gasteiger partial charge in [-0.25, -0.2) is 0 Å². The molecule has 3 heteroatoms. The van der Waals surface area contributed by atoms with E-state index in [-0.39, 0.29) is 0 Å². The average molecular weight is 185 g/mol. The number of piperazine rings is 1. The van der Waals surface area contributed by atoms with Crippen molar-refractivity contribution in [3.05, 3.63) is 0 Å². The van der Waals surface area contributed by atoms with Gasteiger partial charge >= 0.3 is 0 Å². The first kappa shape index (κ1) is 11.0. The third-order valence-corrected chi connectivity index (χ3v) is 2.54. The molecule has 1 unspecified atom stereocenters. The normalized spacial score (nSPS) is 25.4. The van der Waals surface area contributed by atoms with Gasteiger partial charge in [0, 0.05) is 38.8 Å². The van der Waals surface area contributed by atoms with Gasteiger partial charge in [-0.2, -0.15) is 0 Å². The third-order valence-electron chi connectivity index (χ3n) is 2.54. The fourth-order valence-electron chi connectivity index (χ4n) is 2.01. The molecule has 0 spiro atoms. The summed E-state index contributed by atoms with van der Waals surface area (Å²) in [5.41, 5.74) is 5.54. The molecule has 0 aromatic carbocycles. The Hall–Kier alpha value is -0.120. The molecule has 1 fully saturated rings. The average Bonchev–Trinajstić information content (AvgIpc) is 2.04. The van der Waals surface area contributed by atoms with Crippen LogP contribution in [0.15, 0.2) is 0 Å². The van der Waals surface area contributed by atoms with E-state index in [0.29, 0.717) is 6.04 Å². The molecule has 0 radical (unpaired) electrons. The summed E-state index contributed by atoms with van der Waals surface area (Å²) < 4.78 is 0. The maximum atomic E-state index is 5.54. The van der Waals surface area contributed by atoms with E-state index >= 15 is 0 Å². The van der Waals surface area contributed by atoms with Crippen LogP contribution >= 0.6 is 0 Å². The van der Waals surface area contributed by atoms with Crippen molar-refractivity contribution in [2.75, 3.05) is 32.7 Å². The molecule has 1 atom stereocenters. The quantitative estimate of drug-likeness (QED) is 0.660. The number of nitrogens with one attached hydrogen (secondary N) is 1. The van der Waals surface area contributed by atoms with Crippen LogP contribution in [0.4, 0.5) is 0 Å². The van der Waals surface area contributed by atoms with E-state index in [0.717, 1.165) is 32.1 Å². The van der Waals surface area contributed by atoms with Crippen molar-refractivity contribution in [3.8, 4) is 0 Å². The second kappa shape index (κ2) is 5.58. The van der Waals surface area contributed by atoms with E-state index in [2.05, 4.69) is 24.1 Å². The minimum absolute atomic E-state index is 0.681. The Bertz CT molecular complexity index is 134. The Labute approximate surface area is 81.7 Å². The molecule has 0 aromatic heterocycles. The summed E-state index contributed by atoms with van der Waals surface area (Å²) in [6.45, 7) is 9.86. The fraction of sp³-hybridized carbons (Fsp3) is 1.00. The Balaban J connectivity index is 2.24. The smallest absolute Gasteiger partial charge is 0.0198 e. The first-order chi connectivity index (χ1) is 6.22. The molecule has 13 heavy (non-hydrogen) atoms. The molecular weight excluding hydrogens is 162 g/mol. The zero-order valence-electron chi connectivity index (χ0n) is 8.92. The Morgan fingerprint density at radius 1 is 1.54 bits per heavy atom. The number of hydrogen-bond donors (Lipinski definition) is 2. The number of hydrogen-bond acceptors (Lipinski definition) is 3. The predicted octanol–water partition coefficient (Wildman–Crippen LogP) is 0.265. The number of nitrogens with zero attached hydrogens (tertiary/aromatic N) is 1. The fourth-order valence-corrected chi connectivity index (χ4v) is 2.01. The maximum absolute atomic E-state index is 5.54. The molecule has 1 heterocycles. The Kier molecular flexibility index (Phi) is 4.70. The van der Waals surface area contributed by atoms with Crippen molar-refractivity contribution in [2.24, 2.45) is 11.7 Å². The van der Waals surface area contributed by atoms with Crippen molar-refractivity contribution in [1.29, 1.82) is 0 Å². The second-order valence-electron chi connectivity index (χ2n) is 4.37. The largest absolute Gasteiger partial charge is 0.329 e. The molecule has 3 nitrogen and oxygen atoms in total. The number of nitrogens with two attached hydrogens (primary N) is 1. The van der Waals surface area contributed by atoms with Crippen LogP contribution < -0.4 is 11.1 Å². The van der Waals surface area contributed by atoms with Gasteiger partial charge in [-0.05, 0) is 12.3 Å². The van der Waals surface area contributed by atoms with Crippen molar-refractivity contribution in [3.63, 3.8) is 0 Å². The van der Waals surface area contributed by atoms with Crippen molar-refractivity contribution in [1.82, 2.24) is 10.2 Å². The molecule has 1 saturated heterocycles. The topological polar surface area (TPSA) is 41.3 Å². The summed E-state index contributed by atoms with van der Waals surface area (Å²) >= 11 is 0. The van der Waals surface area contributed by atoms with Crippen LogP contribution in [0.5, 0.6) is 0 Å². The highest BCUT2D eigenvalue weighted by Gasteiger charge is 2.18. The van der Waals surface area contributed by atoms with E-state index in [1.54, 1.807) is 0 Å². The zero-order chi connectivity index (χ0) is 9.68. The van der Waals surface area contributed by atoms with Gasteiger partial charge in [-0.3, -0.25) is 4.90 Å². The predicted molar refractivity (Wildman–Crippen MR) is 56.7 cm³/mol. The van der Waals surface area contributed by atoms with Crippen molar-refractivity contribution >= 4 is 0 Å². The lowest BCUT2D eigenvalue weighted by Gasteiger charge is -2.34. The van der Waals surface area contributed by atoms with E-state index in [9.17, 15) is 0 Å². The highest BCUT2D eigenvalue weighted by Crippen LogP contribution is 2.08. The van der Waals surface area contributed by atoms with Crippen LogP contribution in [0.2, 0.25) is 0 Å². The molecule has 78 valence electrons. The van der Waals surface area contributed by atoms with Gasteiger partial charge in [-0.15, -0.1) is 0 Å². The van der Waals surface area contributed by atoms with Crippen LogP contribution in [0.3, 0.4) is 0 Å². The van der Waals surface area contributed by atoms with Gasteiger partial charge in [0.05, 0.1) is 0 Å². The molecule has 0 aromatic rings. The van der Waals surface area contributed by atoms with E-state index < -0.39 is 0 Å². The van der Waals surface area contributed by atoms with Crippen molar-refractivity contribution in [2.45, 2.75) is 26.3 Å². The summed E-state index contributed by atoms with van der Waals surface area (Å²) in [5.74, 6) is 0.787. The first-order valence-electron chi connectivity index (χ1n) is 5.38. The molecule has 0 amide bonds. The monoisotopic (exact) mass is 185 g/mol. The van der Waals surface area contributed by atoms with Gasteiger partial charge in [0.25, 0.3) is 0 Å². The molecule has 0 saturated carbocycles. The van der Waals surface area contributed by atoms with Gasteiger partial charge in [0.1, 0.15) is 0 Å². The third kappa shape index (κ3) is 4.07. The lowest BCUT2D eigenvalue weighted by molar-refractivity contribution is 0.191. The minimum Gasteiger partial charge on any atom is -0.329 e. The van der Waals surface area contributed by atoms with Crippen LogP contribution in [0.25, 0.3) is 0 Å². The zero-order valence-corrected chi connectivity index (χ0v) is 8.92. The Morgan fingerprint density at radius 3 is 2.92 bits per heavy atom. The standard InChI is InChI=1S/C10H23N3/c1-9(2)7-10-8-13(5-3-11)6-4-12-10/h9-10,12H,3-8,11H2,1-2H3. The van der Waals surface area contributed by atoms with E-state index in [4.69, 9.17) is 5.73 Å². The first-order valence-corrected chi connectivity index (χ1v) is 5.38. The molecule has 1 aliphatic rings. The Morgan fingerprint density at radius 2 is 2.31 bits per heavy atom. The van der Waals surface area contributed by atoms with Crippen LogP contribution in [-0.2, 0) is 0 Å².